The number of rotatable bonds is 6. The molecule has 0 aromatic heterocycles. The molecule has 0 saturated carbocycles. The number of esters is 1. The highest BCUT2D eigenvalue weighted by molar-refractivity contribution is 6.32. The molecule has 0 spiro atoms. The minimum absolute atomic E-state index is 0.0425. The van der Waals surface area contributed by atoms with Crippen molar-refractivity contribution in [2.75, 3.05) is 20.8 Å². The number of nitrogens with one attached hydrogen (secondary N) is 2. The number of carbonyl (C=O) groups is 3. The van der Waals surface area contributed by atoms with Gasteiger partial charge in [-0.05, 0) is 24.6 Å². The zero-order valence-electron chi connectivity index (χ0n) is 14.2. The van der Waals surface area contributed by atoms with E-state index in [9.17, 15) is 14.4 Å². The van der Waals surface area contributed by atoms with Gasteiger partial charge in [-0.2, -0.15) is 0 Å². The third-order valence-corrected chi connectivity index (χ3v) is 3.88. The Kier molecular flexibility index (Phi) is 5.93. The molecule has 10 heteroatoms. The fourth-order valence-electron chi connectivity index (χ4n) is 2.50. The number of ether oxygens (including phenoxy) is 3. The van der Waals surface area contributed by atoms with Gasteiger partial charge in [0.15, 0.2) is 18.1 Å². The standard InChI is InChI=1S/C16H17ClN2O7/c1-7-12(15(22)25-3)13(19-16(23)18-7)8-4-9(17)14(10(5-8)24-2)26-6-11(20)21/h4-5,13H,6H2,1-3H3,(H,20,21)(H2,18,19,23)/t13-/m0/s1. The molecular formula is C16H17ClN2O7. The van der Waals surface area contributed by atoms with E-state index in [1.165, 1.54) is 26.4 Å². The third-order valence-electron chi connectivity index (χ3n) is 3.60. The summed E-state index contributed by atoms with van der Waals surface area (Å²) >= 11 is 6.19. The van der Waals surface area contributed by atoms with E-state index in [1.54, 1.807) is 6.92 Å². The number of methoxy groups -OCH3 is 2. The first-order valence-corrected chi connectivity index (χ1v) is 7.74. The molecule has 1 heterocycles. The van der Waals surface area contributed by atoms with Crippen LogP contribution in [0.4, 0.5) is 4.79 Å². The number of hydrogen-bond donors (Lipinski definition) is 3. The molecule has 0 radical (unpaired) electrons. The van der Waals surface area contributed by atoms with E-state index in [-0.39, 0.29) is 22.1 Å². The first-order chi connectivity index (χ1) is 12.3. The van der Waals surface area contributed by atoms with Gasteiger partial charge in [0, 0.05) is 5.70 Å². The van der Waals surface area contributed by atoms with Crippen LogP contribution in [0, 0.1) is 0 Å². The summed E-state index contributed by atoms with van der Waals surface area (Å²) in [4.78, 5) is 34.7. The maximum atomic E-state index is 12.1. The molecule has 1 atom stereocenters. The van der Waals surface area contributed by atoms with Gasteiger partial charge in [-0.1, -0.05) is 11.6 Å². The van der Waals surface area contributed by atoms with Crippen molar-refractivity contribution in [3.05, 3.63) is 34.0 Å². The molecule has 1 aromatic rings. The molecule has 9 nitrogen and oxygen atoms in total. The number of allylic oxidation sites excluding steroid dienone is 1. The smallest absolute Gasteiger partial charge is 0.341 e. The van der Waals surface area contributed by atoms with Crippen LogP contribution in [0.3, 0.4) is 0 Å². The Morgan fingerprint density at radius 2 is 2.00 bits per heavy atom. The summed E-state index contributed by atoms with van der Waals surface area (Å²) in [6.45, 7) is 0.965. The second-order valence-electron chi connectivity index (χ2n) is 5.28. The Morgan fingerprint density at radius 3 is 2.58 bits per heavy atom. The molecule has 0 saturated heterocycles. The Hall–Kier alpha value is -2.94. The number of amides is 2. The zero-order chi connectivity index (χ0) is 19.4. The molecule has 140 valence electrons. The Balaban J connectivity index is 2.51. The summed E-state index contributed by atoms with van der Waals surface area (Å²) in [5, 5.41) is 13.9. The second kappa shape index (κ2) is 7.96. The largest absolute Gasteiger partial charge is 0.493 e. The van der Waals surface area contributed by atoms with Crippen LogP contribution < -0.4 is 20.1 Å². The van der Waals surface area contributed by atoms with E-state index >= 15 is 0 Å². The normalized spacial score (nSPS) is 16.5. The first kappa shape index (κ1) is 19.4. The van der Waals surface area contributed by atoms with Crippen LogP contribution in [-0.2, 0) is 14.3 Å². The molecule has 3 N–H and O–H groups in total. The summed E-state index contributed by atoms with van der Waals surface area (Å²) in [6, 6.07) is 1.61. The van der Waals surface area contributed by atoms with Gasteiger partial charge in [-0.3, -0.25) is 0 Å². The summed E-state index contributed by atoms with van der Waals surface area (Å²) in [5.74, 6) is -1.60. The maximum absolute atomic E-state index is 12.1. The molecular weight excluding hydrogens is 368 g/mol. The summed E-state index contributed by atoms with van der Waals surface area (Å²) in [5.41, 5.74) is 0.973. The van der Waals surface area contributed by atoms with E-state index < -0.39 is 30.6 Å². The molecule has 1 aliphatic rings. The molecule has 0 aliphatic carbocycles. The Labute approximate surface area is 153 Å². The molecule has 0 unspecified atom stereocenters. The lowest BCUT2D eigenvalue weighted by Crippen LogP contribution is -2.45. The van der Waals surface area contributed by atoms with E-state index in [0.717, 1.165) is 0 Å². The van der Waals surface area contributed by atoms with Crippen LogP contribution >= 0.6 is 11.6 Å². The number of carboxylic acid groups (broad SMARTS) is 1. The topological polar surface area (TPSA) is 123 Å². The Bertz CT molecular complexity index is 791. The number of hydrogen-bond acceptors (Lipinski definition) is 6. The van der Waals surface area contributed by atoms with Crippen molar-refractivity contribution >= 4 is 29.6 Å². The highest BCUT2D eigenvalue weighted by Crippen LogP contribution is 2.40. The fourth-order valence-corrected chi connectivity index (χ4v) is 2.78. The summed E-state index contributed by atoms with van der Waals surface area (Å²) in [6.07, 6.45) is 0. The van der Waals surface area contributed by atoms with Crippen LogP contribution in [0.25, 0.3) is 0 Å². The lowest BCUT2D eigenvalue weighted by atomic mass is 9.95. The second-order valence-corrected chi connectivity index (χ2v) is 5.69. The number of halogens is 1. The van der Waals surface area contributed by atoms with Gasteiger partial charge in [0.2, 0.25) is 0 Å². The molecule has 1 aliphatic heterocycles. The average Bonchev–Trinajstić information content (AvgIpc) is 2.58. The van der Waals surface area contributed by atoms with Gasteiger partial charge in [0.05, 0.1) is 30.9 Å². The summed E-state index contributed by atoms with van der Waals surface area (Å²) in [7, 11) is 2.58. The van der Waals surface area contributed by atoms with Crippen LogP contribution in [0.2, 0.25) is 5.02 Å². The lowest BCUT2D eigenvalue weighted by Gasteiger charge is -2.28. The quantitative estimate of drug-likeness (QED) is 0.636. The SMILES string of the molecule is COC(=O)C1=C(C)NC(=O)N[C@H]1c1cc(Cl)c(OCC(=O)O)c(OC)c1. The number of benzene rings is 1. The van der Waals surface area contributed by atoms with Gasteiger partial charge in [-0.25, -0.2) is 14.4 Å². The molecule has 2 rings (SSSR count). The van der Waals surface area contributed by atoms with Crippen molar-refractivity contribution in [1.82, 2.24) is 10.6 Å². The molecule has 2 amide bonds. The number of carbonyl (C=O) groups excluding carboxylic acids is 2. The highest BCUT2D eigenvalue weighted by Gasteiger charge is 2.33. The van der Waals surface area contributed by atoms with Crippen molar-refractivity contribution < 1.29 is 33.7 Å². The van der Waals surface area contributed by atoms with E-state index in [4.69, 9.17) is 30.9 Å². The van der Waals surface area contributed by atoms with Crippen LogP contribution in [0.1, 0.15) is 18.5 Å². The molecule has 0 bridgehead atoms. The van der Waals surface area contributed by atoms with E-state index in [2.05, 4.69) is 10.6 Å². The monoisotopic (exact) mass is 384 g/mol. The van der Waals surface area contributed by atoms with Crippen molar-refractivity contribution in [2.45, 2.75) is 13.0 Å². The van der Waals surface area contributed by atoms with Crippen LogP contribution in [0.5, 0.6) is 11.5 Å². The molecule has 0 fully saturated rings. The average molecular weight is 385 g/mol. The van der Waals surface area contributed by atoms with E-state index in [0.29, 0.717) is 11.3 Å². The Morgan fingerprint density at radius 1 is 1.31 bits per heavy atom. The third kappa shape index (κ3) is 3.99. The van der Waals surface area contributed by atoms with Gasteiger partial charge in [0.25, 0.3) is 0 Å². The maximum Gasteiger partial charge on any atom is 0.341 e. The van der Waals surface area contributed by atoms with Gasteiger partial charge >= 0.3 is 18.0 Å². The van der Waals surface area contributed by atoms with Crippen molar-refractivity contribution in [2.24, 2.45) is 0 Å². The van der Waals surface area contributed by atoms with Gasteiger partial charge < -0.3 is 30.0 Å². The predicted octanol–water partition coefficient (Wildman–Crippen LogP) is 1.61. The van der Waals surface area contributed by atoms with Crippen LogP contribution in [-0.4, -0.2) is 43.9 Å². The van der Waals surface area contributed by atoms with Gasteiger partial charge in [0.1, 0.15) is 0 Å². The van der Waals surface area contributed by atoms with Crippen molar-refractivity contribution in [3.8, 4) is 11.5 Å². The molecule has 26 heavy (non-hydrogen) atoms. The van der Waals surface area contributed by atoms with Crippen molar-refractivity contribution in [1.29, 1.82) is 0 Å². The van der Waals surface area contributed by atoms with Gasteiger partial charge in [-0.15, -0.1) is 0 Å². The predicted molar refractivity (Wildman–Crippen MR) is 90.3 cm³/mol. The van der Waals surface area contributed by atoms with Crippen molar-refractivity contribution in [3.63, 3.8) is 0 Å². The number of urea groups is 1. The molecule has 1 aromatic carbocycles. The minimum Gasteiger partial charge on any atom is -0.493 e. The van der Waals surface area contributed by atoms with Crippen LogP contribution in [0.15, 0.2) is 23.4 Å². The number of aliphatic carboxylic acids is 1. The van der Waals surface area contributed by atoms with E-state index in [1.807, 2.05) is 0 Å². The lowest BCUT2D eigenvalue weighted by molar-refractivity contribution is -0.139. The fraction of sp³-hybridized carbons (Fsp3) is 0.312. The number of carboxylic acids is 1. The summed E-state index contributed by atoms with van der Waals surface area (Å²) < 4.78 is 15.1. The zero-order valence-corrected chi connectivity index (χ0v) is 15.0. The minimum atomic E-state index is -1.18. The first-order valence-electron chi connectivity index (χ1n) is 7.37. The highest BCUT2D eigenvalue weighted by atomic mass is 35.5.